The number of aryl methyl sites for hydroxylation is 1. The van der Waals surface area contributed by atoms with Crippen molar-refractivity contribution in [3.8, 4) is 0 Å². The molecule has 5 nitrogen and oxygen atoms in total. The van der Waals surface area contributed by atoms with Gasteiger partial charge in [-0.3, -0.25) is 0 Å². The highest BCUT2D eigenvalue weighted by atomic mass is 32.2. The van der Waals surface area contributed by atoms with E-state index in [2.05, 4.69) is 10.0 Å². The lowest BCUT2D eigenvalue weighted by Gasteiger charge is -2.13. The molecule has 0 radical (unpaired) electrons. The smallest absolute Gasteiger partial charge is 0.240 e. The molecular weight excluding hydrogens is 293 g/mol. The van der Waals surface area contributed by atoms with Crippen molar-refractivity contribution in [2.75, 3.05) is 33.7 Å². The maximum absolute atomic E-state index is 14.0. The number of halogens is 1. The normalized spacial score (nSPS) is 12.1. The molecule has 0 aliphatic rings. The van der Waals surface area contributed by atoms with Crippen molar-refractivity contribution in [2.24, 2.45) is 0 Å². The zero-order valence-corrected chi connectivity index (χ0v) is 13.8. The van der Waals surface area contributed by atoms with Gasteiger partial charge in [0, 0.05) is 25.2 Å². The molecule has 7 heteroatoms. The van der Waals surface area contributed by atoms with Crippen LogP contribution in [0, 0.1) is 12.7 Å². The molecule has 0 unspecified atom stereocenters. The Morgan fingerprint density at radius 2 is 1.95 bits per heavy atom. The van der Waals surface area contributed by atoms with Crippen LogP contribution < -0.4 is 10.0 Å². The van der Waals surface area contributed by atoms with Gasteiger partial charge in [0.1, 0.15) is 5.82 Å². The molecule has 0 saturated carbocycles. The lowest BCUT2D eigenvalue weighted by atomic mass is 10.1. The molecule has 0 amide bonds. The Hall–Kier alpha value is -1.02. The maximum Gasteiger partial charge on any atom is 0.240 e. The van der Waals surface area contributed by atoms with Gasteiger partial charge in [-0.05, 0) is 45.3 Å². The lowest BCUT2D eigenvalue weighted by molar-refractivity contribution is 0.412. The number of nitrogens with one attached hydrogen (secondary N) is 2. The molecule has 2 N–H and O–H groups in total. The first kappa shape index (κ1) is 18.0. The SMILES string of the molecule is CCNCc1cc(S(=O)(=O)NCCN(C)C)cc(C)c1F. The second-order valence-corrected chi connectivity index (χ2v) is 6.96. The fraction of sp³-hybridized carbons (Fsp3) is 0.571. The molecule has 0 atom stereocenters. The van der Waals surface area contributed by atoms with Gasteiger partial charge in [0.15, 0.2) is 0 Å². The second kappa shape index (κ2) is 7.84. The second-order valence-electron chi connectivity index (χ2n) is 5.19. The third-order valence-corrected chi connectivity index (χ3v) is 4.47. The predicted octanol–water partition coefficient (Wildman–Crippen LogP) is 1.08. The van der Waals surface area contributed by atoms with Crippen LogP contribution in [0.2, 0.25) is 0 Å². The molecule has 0 heterocycles. The Morgan fingerprint density at radius 1 is 1.29 bits per heavy atom. The highest BCUT2D eigenvalue weighted by Crippen LogP contribution is 2.19. The summed E-state index contributed by atoms with van der Waals surface area (Å²) in [6.07, 6.45) is 0. The Morgan fingerprint density at radius 3 is 2.52 bits per heavy atom. The van der Waals surface area contributed by atoms with Crippen LogP contribution in [-0.4, -0.2) is 47.0 Å². The minimum atomic E-state index is -3.61. The average molecular weight is 317 g/mol. The molecule has 1 aromatic carbocycles. The van der Waals surface area contributed by atoms with Crippen LogP contribution in [-0.2, 0) is 16.6 Å². The van der Waals surface area contributed by atoms with Crippen LogP contribution >= 0.6 is 0 Å². The van der Waals surface area contributed by atoms with Gasteiger partial charge in [-0.1, -0.05) is 6.92 Å². The monoisotopic (exact) mass is 317 g/mol. The molecule has 21 heavy (non-hydrogen) atoms. The van der Waals surface area contributed by atoms with Crippen LogP contribution in [0.25, 0.3) is 0 Å². The molecule has 0 bridgehead atoms. The number of nitrogens with zero attached hydrogens (tertiary/aromatic N) is 1. The molecule has 0 aliphatic carbocycles. The minimum Gasteiger partial charge on any atom is -0.313 e. The number of rotatable bonds is 8. The molecular formula is C14H24FN3O2S. The van der Waals surface area contributed by atoms with Crippen molar-refractivity contribution < 1.29 is 12.8 Å². The molecule has 1 aromatic rings. The summed E-state index contributed by atoms with van der Waals surface area (Å²) in [4.78, 5) is 1.99. The van der Waals surface area contributed by atoms with E-state index >= 15 is 0 Å². The standard InChI is InChI=1S/C14H24FN3O2S/c1-5-16-10-12-9-13(8-11(2)14(12)15)21(19,20)17-6-7-18(3)4/h8-9,16-17H,5-7,10H2,1-4H3. The zero-order chi connectivity index (χ0) is 16.0. The molecule has 1 rings (SSSR count). The topological polar surface area (TPSA) is 61.4 Å². The van der Waals surface area contributed by atoms with E-state index in [1.54, 1.807) is 6.92 Å². The zero-order valence-electron chi connectivity index (χ0n) is 13.0. The molecule has 0 saturated heterocycles. The largest absolute Gasteiger partial charge is 0.313 e. The summed E-state index contributed by atoms with van der Waals surface area (Å²) in [5.41, 5.74) is 0.697. The highest BCUT2D eigenvalue weighted by Gasteiger charge is 2.17. The number of likely N-dealkylation sites (N-methyl/N-ethyl adjacent to an activating group) is 1. The summed E-state index contributed by atoms with van der Waals surface area (Å²) in [7, 11) is 0.118. The average Bonchev–Trinajstić information content (AvgIpc) is 2.39. The minimum absolute atomic E-state index is 0.105. The van der Waals surface area contributed by atoms with E-state index in [1.807, 2.05) is 25.9 Å². The van der Waals surface area contributed by atoms with E-state index in [1.165, 1.54) is 12.1 Å². The Labute approximate surface area is 126 Å². The number of benzene rings is 1. The van der Waals surface area contributed by atoms with Crippen molar-refractivity contribution in [3.63, 3.8) is 0 Å². The summed E-state index contributed by atoms with van der Waals surface area (Å²) in [5, 5.41) is 3.01. The van der Waals surface area contributed by atoms with Gasteiger partial charge in [-0.15, -0.1) is 0 Å². The van der Waals surface area contributed by atoms with Crippen LogP contribution in [0.1, 0.15) is 18.1 Å². The van der Waals surface area contributed by atoms with Crippen LogP contribution in [0.4, 0.5) is 4.39 Å². The number of hydrogen-bond acceptors (Lipinski definition) is 4. The summed E-state index contributed by atoms with van der Waals surface area (Å²) in [5.74, 6) is -0.358. The predicted molar refractivity (Wildman–Crippen MR) is 82.3 cm³/mol. The van der Waals surface area contributed by atoms with E-state index in [0.29, 0.717) is 37.3 Å². The van der Waals surface area contributed by atoms with Gasteiger partial charge in [0.25, 0.3) is 0 Å². The van der Waals surface area contributed by atoms with Gasteiger partial charge in [-0.25, -0.2) is 17.5 Å². The van der Waals surface area contributed by atoms with E-state index < -0.39 is 10.0 Å². The van der Waals surface area contributed by atoms with Crippen molar-refractivity contribution in [2.45, 2.75) is 25.3 Å². The Bertz CT molecular complexity index is 574. The van der Waals surface area contributed by atoms with Gasteiger partial charge in [-0.2, -0.15) is 0 Å². The van der Waals surface area contributed by atoms with E-state index in [0.717, 1.165) is 0 Å². The van der Waals surface area contributed by atoms with E-state index in [4.69, 9.17) is 0 Å². The van der Waals surface area contributed by atoms with Crippen molar-refractivity contribution >= 4 is 10.0 Å². The van der Waals surface area contributed by atoms with Gasteiger partial charge < -0.3 is 10.2 Å². The maximum atomic E-state index is 14.0. The fourth-order valence-corrected chi connectivity index (χ4v) is 2.99. The third-order valence-electron chi connectivity index (χ3n) is 3.03. The summed E-state index contributed by atoms with van der Waals surface area (Å²) < 4.78 is 41.0. The highest BCUT2D eigenvalue weighted by molar-refractivity contribution is 7.89. The first-order valence-corrected chi connectivity index (χ1v) is 8.40. The van der Waals surface area contributed by atoms with E-state index in [9.17, 15) is 12.8 Å². The van der Waals surface area contributed by atoms with Crippen LogP contribution in [0.15, 0.2) is 17.0 Å². The molecule has 0 fully saturated rings. The summed E-state index contributed by atoms with van der Waals surface area (Å²) in [6.45, 7) is 5.40. The van der Waals surface area contributed by atoms with Crippen molar-refractivity contribution in [1.82, 2.24) is 14.9 Å². The number of sulfonamides is 1. The van der Waals surface area contributed by atoms with Crippen LogP contribution in [0.5, 0.6) is 0 Å². The first-order valence-electron chi connectivity index (χ1n) is 6.92. The fourth-order valence-electron chi connectivity index (χ4n) is 1.84. The van der Waals surface area contributed by atoms with Gasteiger partial charge >= 0.3 is 0 Å². The Kier molecular flexibility index (Phi) is 6.73. The quantitative estimate of drug-likeness (QED) is 0.753. The molecule has 0 spiro atoms. The third kappa shape index (κ3) is 5.35. The van der Waals surface area contributed by atoms with Crippen LogP contribution in [0.3, 0.4) is 0 Å². The molecule has 120 valence electrons. The summed E-state index contributed by atoms with van der Waals surface area (Å²) in [6, 6.07) is 2.76. The van der Waals surface area contributed by atoms with E-state index in [-0.39, 0.29) is 10.7 Å². The molecule has 0 aromatic heterocycles. The molecule has 0 aliphatic heterocycles. The van der Waals surface area contributed by atoms with Crippen molar-refractivity contribution in [3.05, 3.63) is 29.1 Å². The van der Waals surface area contributed by atoms with Crippen molar-refractivity contribution in [1.29, 1.82) is 0 Å². The lowest BCUT2D eigenvalue weighted by Crippen LogP contribution is -2.31. The Balaban J connectivity index is 2.98. The summed E-state index contributed by atoms with van der Waals surface area (Å²) >= 11 is 0. The van der Waals surface area contributed by atoms with Gasteiger partial charge in [0.05, 0.1) is 4.90 Å². The first-order chi connectivity index (χ1) is 9.77. The number of hydrogen-bond donors (Lipinski definition) is 2. The van der Waals surface area contributed by atoms with Gasteiger partial charge in [0.2, 0.25) is 10.0 Å².